The lowest BCUT2D eigenvalue weighted by Gasteiger charge is -2.21. The molecule has 0 bridgehead atoms. The molecular formula is C10H22N2O2. The largest absolute Gasteiger partial charge is 0.444 e. The van der Waals surface area contributed by atoms with Crippen molar-refractivity contribution in [1.82, 2.24) is 10.6 Å². The molecular weight excluding hydrogens is 180 g/mol. The Balaban J connectivity index is 0.000000280. The van der Waals surface area contributed by atoms with Crippen LogP contribution >= 0.6 is 0 Å². The van der Waals surface area contributed by atoms with Crippen molar-refractivity contribution in [2.45, 2.75) is 33.3 Å². The summed E-state index contributed by atoms with van der Waals surface area (Å²) in [5.41, 5.74) is -0.389. The second-order valence-corrected chi connectivity index (χ2v) is 4.52. The smallest absolute Gasteiger partial charge is 0.407 e. The second kappa shape index (κ2) is 5.86. The molecule has 1 aliphatic rings. The lowest BCUT2D eigenvalue weighted by Crippen LogP contribution is -2.39. The summed E-state index contributed by atoms with van der Waals surface area (Å²) in [7, 11) is 1.54. The third-order valence-electron chi connectivity index (χ3n) is 1.59. The number of carbonyl (C=O) groups is 1. The van der Waals surface area contributed by atoms with Gasteiger partial charge in [-0.3, -0.25) is 0 Å². The van der Waals surface area contributed by atoms with Crippen molar-refractivity contribution < 1.29 is 9.53 Å². The van der Waals surface area contributed by atoms with E-state index in [1.165, 1.54) is 20.1 Å². The van der Waals surface area contributed by atoms with E-state index in [1.807, 2.05) is 20.8 Å². The number of ether oxygens (including phenoxy) is 1. The minimum absolute atomic E-state index is 0.387. The highest BCUT2D eigenvalue weighted by Crippen LogP contribution is 2.05. The predicted octanol–water partition coefficient (Wildman–Crippen LogP) is 1.37. The Bertz CT molecular complexity index is 171. The van der Waals surface area contributed by atoms with Gasteiger partial charge >= 0.3 is 6.09 Å². The molecule has 1 aliphatic heterocycles. The summed E-state index contributed by atoms with van der Waals surface area (Å²) in [5, 5.41) is 5.52. The van der Waals surface area contributed by atoms with Crippen molar-refractivity contribution in [3.05, 3.63) is 0 Å². The first kappa shape index (κ1) is 13.2. The van der Waals surface area contributed by atoms with Crippen LogP contribution < -0.4 is 10.6 Å². The van der Waals surface area contributed by atoms with Gasteiger partial charge in [0.25, 0.3) is 0 Å². The molecule has 4 heteroatoms. The fraction of sp³-hybridized carbons (Fsp3) is 0.900. The maximum atomic E-state index is 10.5. The first-order valence-corrected chi connectivity index (χ1v) is 4.96. The van der Waals surface area contributed by atoms with Gasteiger partial charge in [0.2, 0.25) is 0 Å². The van der Waals surface area contributed by atoms with E-state index in [2.05, 4.69) is 17.6 Å². The Hall–Kier alpha value is -0.770. The number of hydrogen-bond donors (Lipinski definition) is 2. The van der Waals surface area contributed by atoms with Crippen LogP contribution in [-0.2, 0) is 4.74 Å². The molecule has 0 aromatic rings. The highest BCUT2D eigenvalue weighted by atomic mass is 16.6. The van der Waals surface area contributed by atoms with Gasteiger partial charge in [0.1, 0.15) is 5.60 Å². The molecule has 0 aromatic heterocycles. The molecule has 84 valence electrons. The van der Waals surface area contributed by atoms with Gasteiger partial charge in [0.15, 0.2) is 0 Å². The van der Waals surface area contributed by atoms with E-state index in [9.17, 15) is 4.79 Å². The molecule has 14 heavy (non-hydrogen) atoms. The summed E-state index contributed by atoms with van der Waals surface area (Å²) < 4.78 is 4.84. The third kappa shape index (κ3) is 7.86. The topological polar surface area (TPSA) is 50.4 Å². The van der Waals surface area contributed by atoms with Crippen molar-refractivity contribution >= 4 is 6.09 Å². The molecule has 0 spiro atoms. The lowest BCUT2D eigenvalue weighted by molar-refractivity contribution is 0.0541. The van der Waals surface area contributed by atoms with Crippen LogP contribution in [0.15, 0.2) is 0 Å². The summed E-state index contributed by atoms with van der Waals surface area (Å²) in [6.07, 6.45) is -0.387. The standard InChI is InChI=1S/C6H13NO2.C4H9N/c1-6(2,3)9-5(8)7-4;1-4-2-5-3-4/h1-4H3,(H,7,8);4-5H,2-3H2,1H3. The molecule has 1 amide bonds. The Kier molecular flexibility index (Phi) is 5.53. The van der Waals surface area contributed by atoms with E-state index < -0.39 is 0 Å². The Morgan fingerprint density at radius 3 is 1.93 bits per heavy atom. The molecule has 0 atom stereocenters. The lowest BCUT2D eigenvalue weighted by atomic mass is 10.1. The van der Waals surface area contributed by atoms with Crippen LogP contribution in [0.4, 0.5) is 4.79 Å². The zero-order chi connectivity index (χ0) is 11.2. The van der Waals surface area contributed by atoms with Crippen molar-refractivity contribution in [1.29, 1.82) is 0 Å². The van der Waals surface area contributed by atoms with Crippen molar-refractivity contribution in [2.75, 3.05) is 20.1 Å². The first-order valence-electron chi connectivity index (χ1n) is 4.96. The zero-order valence-electron chi connectivity index (χ0n) is 9.81. The quantitative estimate of drug-likeness (QED) is 0.623. The van der Waals surface area contributed by atoms with Crippen LogP contribution in [-0.4, -0.2) is 31.8 Å². The van der Waals surface area contributed by atoms with Gasteiger partial charge in [-0.15, -0.1) is 0 Å². The van der Waals surface area contributed by atoms with Gasteiger partial charge in [0.05, 0.1) is 0 Å². The fourth-order valence-corrected chi connectivity index (χ4v) is 0.762. The minimum Gasteiger partial charge on any atom is -0.444 e. The highest BCUT2D eigenvalue weighted by molar-refractivity contribution is 5.67. The zero-order valence-corrected chi connectivity index (χ0v) is 9.81. The fourth-order valence-electron chi connectivity index (χ4n) is 0.762. The van der Waals surface area contributed by atoms with E-state index in [0.717, 1.165) is 5.92 Å². The molecule has 1 saturated heterocycles. The number of hydrogen-bond acceptors (Lipinski definition) is 3. The number of nitrogens with one attached hydrogen (secondary N) is 2. The van der Waals surface area contributed by atoms with Crippen LogP contribution in [0.3, 0.4) is 0 Å². The molecule has 1 fully saturated rings. The van der Waals surface area contributed by atoms with Gasteiger partial charge in [-0.1, -0.05) is 6.92 Å². The Morgan fingerprint density at radius 1 is 1.43 bits per heavy atom. The average Bonchev–Trinajstić information content (AvgIpc) is 1.99. The van der Waals surface area contributed by atoms with E-state index in [1.54, 1.807) is 0 Å². The highest BCUT2D eigenvalue weighted by Gasteiger charge is 2.13. The Labute approximate surface area is 86.4 Å². The van der Waals surface area contributed by atoms with E-state index in [4.69, 9.17) is 4.74 Å². The predicted molar refractivity (Wildman–Crippen MR) is 57.3 cm³/mol. The first-order chi connectivity index (χ1) is 6.35. The molecule has 1 rings (SSSR count). The van der Waals surface area contributed by atoms with E-state index in [-0.39, 0.29) is 11.7 Å². The van der Waals surface area contributed by atoms with Gasteiger partial charge in [-0.2, -0.15) is 0 Å². The molecule has 0 saturated carbocycles. The number of carbonyl (C=O) groups excluding carboxylic acids is 1. The van der Waals surface area contributed by atoms with Crippen LogP contribution in [0.2, 0.25) is 0 Å². The molecule has 0 unspecified atom stereocenters. The van der Waals surface area contributed by atoms with Gasteiger partial charge in [-0.05, 0) is 39.8 Å². The molecule has 0 aliphatic carbocycles. The normalized spacial score (nSPS) is 16.1. The summed E-state index contributed by atoms with van der Waals surface area (Å²) in [6.45, 7) is 10.2. The van der Waals surface area contributed by atoms with Crippen LogP contribution in [0.1, 0.15) is 27.7 Å². The minimum atomic E-state index is -0.389. The van der Waals surface area contributed by atoms with E-state index in [0.29, 0.717) is 0 Å². The average molecular weight is 202 g/mol. The number of alkyl carbamates (subject to hydrolysis) is 1. The van der Waals surface area contributed by atoms with Crippen molar-refractivity contribution in [2.24, 2.45) is 5.92 Å². The monoisotopic (exact) mass is 202 g/mol. The van der Waals surface area contributed by atoms with Crippen LogP contribution in [0.25, 0.3) is 0 Å². The summed E-state index contributed by atoms with van der Waals surface area (Å²) in [5.74, 6) is 0.954. The molecule has 2 N–H and O–H groups in total. The van der Waals surface area contributed by atoms with Crippen LogP contribution in [0, 0.1) is 5.92 Å². The van der Waals surface area contributed by atoms with Crippen molar-refractivity contribution in [3.8, 4) is 0 Å². The third-order valence-corrected chi connectivity index (χ3v) is 1.59. The SMILES string of the molecule is CC1CNC1.CNC(=O)OC(C)(C)C. The molecule has 0 aromatic carbocycles. The Morgan fingerprint density at radius 2 is 1.86 bits per heavy atom. The van der Waals surface area contributed by atoms with E-state index >= 15 is 0 Å². The number of rotatable bonds is 0. The second-order valence-electron chi connectivity index (χ2n) is 4.52. The van der Waals surface area contributed by atoms with Gasteiger partial charge in [0, 0.05) is 7.05 Å². The molecule has 1 heterocycles. The van der Waals surface area contributed by atoms with Gasteiger partial charge < -0.3 is 15.4 Å². The summed E-state index contributed by atoms with van der Waals surface area (Å²) in [4.78, 5) is 10.5. The van der Waals surface area contributed by atoms with Gasteiger partial charge in [-0.25, -0.2) is 4.79 Å². The van der Waals surface area contributed by atoms with Crippen molar-refractivity contribution in [3.63, 3.8) is 0 Å². The van der Waals surface area contributed by atoms with Crippen LogP contribution in [0.5, 0.6) is 0 Å². The number of amides is 1. The maximum Gasteiger partial charge on any atom is 0.407 e. The maximum absolute atomic E-state index is 10.5. The molecule has 0 radical (unpaired) electrons. The summed E-state index contributed by atoms with van der Waals surface area (Å²) in [6, 6.07) is 0. The molecule has 4 nitrogen and oxygen atoms in total. The summed E-state index contributed by atoms with van der Waals surface area (Å²) >= 11 is 0.